The van der Waals surface area contributed by atoms with Crippen LogP contribution in [0.1, 0.15) is 278 Å². The van der Waals surface area contributed by atoms with Crippen LogP contribution in [-0.4, -0.2) is 16.3 Å². The Morgan fingerprint density at radius 1 is 0.274 bits per heavy atom. The molecule has 8 rings (SSSR count). The first-order valence-corrected chi connectivity index (χ1v) is 34.2. The average molecular weight is 1500 g/mol. The molecule has 0 saturated heterocycles. The van der Waals surface area contributed by atoms with Gasteiger partial charge in [-0.2, -0.15) is 39.5 Å². The summed E-state index contributed by atoms with van der Waals surface area (Å²) in [4.78, 5) is 7.94. The smallest absolute Gasteiger partial charge is 0.406 e. The summed E-state index contributed by atoms with van der Waals surface area (Å²) in [7, 11) is 0. The molecule has 2 heterocycles. The number of halogens is 13. The number of aromatic nitrogens is 2. The van der Waals surface area contributed by atoms with Crippen LogP contribution >= 0.6 is 0 Å². The van der Waals surface area contributed by atoms with Crippen LogP contribution in [0, 0.1) is 40.4 Å². The van der Waals surface area contributed by atoms with Gasteiger partial charge >= 0.3 is 24.9 Å². The number of hydrogen-bond acceptors (Lipinski definition) is 3. The van der Waals surface area contributed by atoms with E-state index in [2.05, 4.69) is 179 Å². The molecule has 594 valence electrons. The maximum atomic E-state index is 13.1. The van der Waals surface area contributed by atoms with Crippen LogP contribution in [0.15, 0.2) is 170 Å². The van der Waals surface area contributed by atoms with Crippen LogP contribution in [0.2, 0.25) is 0 Å². The predicted octanol–water partition coefficient (Wildman–Crippen LogP) is 30.2. The van der Waals surface area contributed by atoms with Crippen LogP contribution in [0.25, 0.3) is 0 Å². The Balaban J connectivity index is -0.00000114. The fourth-order valence-electron chi connectivity index (χ4n) is 8.80. The van der Waals surface area contributed by atoms with Crippen LogP contribution in [-0.2, 0) is 61.8 Å². The molecule has 8 aromatic rings. The van der Waals surface area contributed by atoms with Crippen molar-refractivity contribution < 1.29 is 61.8 Å². The van der Waals surface area contributed by atoms with E-state index < -0.39 is 41.7 Å². The fourth-order valence-corrected chi connectivity index (χ4v) is 8.80. The third-order valence-electron chi connectivity index (χ3n) is 15.8. The Kier molecular flexibility index (Phi) is 39.4. The lowest BCUT2D eigenvalue weighted by Crippen LogP contribution is -2.18. The molecule has 0 amide bonds. The van der Waals surface area contributed by atoms with Crippen LogP contribution in [0.5, 0.6) is 5.75 Å². The van der Waals surface area contributed by atoms with Gasteiger partial charge in [-0.3, -0.25) is 4.98 Å². The SMILES string of the molecule is C.C.C.CC(C)(C)c1cccc(C(F)(F)F)c1.CC(C)(C)c1cccc(C(F)(F)F)n1.CC(C)(C)c1cccc(OC(F)(F)F)c1.Cc1ccc(C(C)(C)C)cc1.Cc1ccc(C(C)(C)C)cc1.Cc1ccc(C(C)(C)C)cc1C(F)(F)F.Cc1ccc(C(C)(C)C)cc1F.Cc1ccc(C(C)(C)C)nc1. The van der Waals surface area contributed by atoms with Gasteiger partial charge in [0.15, 0.2) is 0 Å². The summed E-state index contributed by atoms with van der Waals surface area (Å²) in [5.74, 6) is -0.280. The van der Waals surface area contributed by atoms with Crippen molar-refractivity contribution >= 4 is 0 Å². The average Bonchev–Trinajstić information content (AvgIpc) is 0.818. The number of aryl methyl sites for hydroxylation is 5. The molecule has 0 saturated carbocycles. The highest BCUT2D eigenvalue weighted by Crippen LogP contribution is 2.37. The Hall–Kier alpha value is -7.49. The van der Waals surface area contributed by atoms with Crippen molar-refractivity contribution in [3.8, 4) is 5.75 Å². The molecule has 0 aliphatic rings. The summed E-state index contributed by atoms with van der Waals surface area (Å²) in [6, 6.07) is 47.1. The van der Waals surface area contributed by atoms with Gasteiger partial charge < -0.3 is 4.74 Å². The molecule has 106 heavy (non-hydrogen) atoms. The topological polar surface area (TPSA) is 35.0 Å². The van der Waals surface area contributed by atoms with Gasteiger partial charge in [0.1, 0.15) is 17.3 Å². The molecule has 6 aromatic carbocycles. The monoisotopic (exact) mass is 1500 g/mol. The zero-order valence-corrected chi connectivity index (χ0v) is 66.4. The first-order chi connectivity index (χ1) is 46.1. The van der Waals surface area contributed by atoms with E-state index >= 15 is 0 Å². The molecular weight excluding hydrogens is 1370 g/mol. The minimum Gasteiger partial charge on any atom is -0.406 e. The molecule has 16 heteroatoms. The van der Waals surface area contributed by atoms with E-state index in [9.17, 15) is 57.1 Å². The zero-order valence-electron chi connectivity index (χ0n) is 66.4. The highest BCUT2D eigenvalue weighted by molar-refractivity contribution is 5.37. The van der Waals surface area contributed by atoms with E-state index in [4.69, 9.17) is 0 Å². The van der Waals surface area contributed by atoms with Gasteiger partial charge in [-0.15, -0.1) is 13.2 Å². The van der Waals surface area contributed by atoms with E-state index in [-0.39, 0.29) is 82.7 Å². The third-order valence-corrected chi connectivity index (χ3v) is 15.8. The largest absolute Gasteiger partial charge is 0.573 e. The normalized spacial score (nSPS) is 12.0. The minimum absolute atomic E-state index is 0. The molecule has 0 N–H and O–H groups in total. The summed E-state index contributed by atoms with van der Waals surface area (Å²) in [6.07, 6.45) is -15.6. The van der Waals surface area contributed by atoms with Gasteiger partial charge in [0, 0.05) is 28.4 Å². The Morgan fingerprint density at radius 3 is 0.943 bits per heavy atom. The molecule has 0 unspecified atom stereocenters. The quantitative estimate of drug-likeness (QED) is 0.154. The first-order valence-electron chi connectivity index (χ1n) is 34.2. The van der Waals surface area contributed by atoms with E-state index in [0.29, 0.717) is 22.4 Å². The minimum atomic E-state index is -4.63. The molecule has 3 nitrogen and oxygen atoms in total. The molecule has 0 spiro atoms. The van der Waals surface area contributed by atoms with Crippen molar-refractivity contribution in [2.45, 2.75) is 291 Å². The number of alkyl halides is 12. The molecule has 0 atom stereocenters. The second kappa shape index (κ2) is 40.6. The van der Waals surface area contributed by atoms with Gasteiger partial charge in [-0.05, 0) is 166 Å². The van der Waals surface area contributed by atoms with Gasteiger partial charge in [0.05, 0.1) is 11.1 Å². The Bertz CT molecular complexity index is 3560. The van der Waals surface area contributed by atoms with Crippen molar-refractivity contribution in [3.05, 3.63) is 265 Å². The lowest BCUT2D eigenvalue weighted by atomic mass is 9.85. The molecule has 2 aromatic heterocycles. The second-order valence-corrected chi connectivity index (χ2v) is 34.0. The molecule has 0 radical (unpaired) electrons. The lowest BCUT2D eigenvalue weighted by molar-refractivity contribution is -0.274. The summed E-state index contributed by atoms with van der Waals surface area (Å²) in [5.41, 5.74) is 10.3. The standard InChI is InChI=1S/C12H15F3.C11H13F3O.C11H13F3.C11H15F.2C11H16.C10H12F3N.C10H15N.3CH4/c1-8-5-6-9(11(2,3)4)7-10(8)12(13,14)15;1-10(2,3)8-5-4-6-9(7-8)15-11(12,13)14;1-10(2,3)8-5-4-6-9(7-8)11(12,13)14;1-8-5-6-9(7-10(8)12)11(2,3)4;2*1-9-5-7-10(8-6-9)11(2,3)4;1-9(2,3)7-5-4-6-8(14-7)10(11,12)13;1-8-5-6-9(11-7-8)10(2,3)4;;;/h5-7H,1-4H3;4-7H,1-3H3;4-7H,1-3H3;5-7H,1-4H3;2*5-8H,1-4H3;4-6H,1-3H3;5-7H,1-4H3;3*1H4. The molecule has 0 fully saturated rings. The molecule has 0 aliphatic carbocycles. The second-order valence-electron chi connectivity index (χ2n) is 34.0. The van der Waals surface area contributed by atoms with Gasteiger partial charge in [-0.25, -0.2) is 9.37 Å². The lowest BCUT2D eigenvalue weighted by Gasteiger charge is -2.21. The van der Waals surface area contributed by atoms with E-state index in [1.54, 1.807) is 43.3 Å². The highest BCUT2D eigenvalue weighted by atomic mass is 19.4. The summed E-state index contributed by atoms with van der Waals surface area (Å²) in [6.45, 7) is 58.4. The number of benzene rings is 6. The summed E-state index contributed by atoms with van der Waals surface area (Å²) >= 11 is 0. The van der Waals surface area contributed by atoms with Crippen LogP contribution in [0.4, 0.5) is 57.1 Å². The van der Waals surface area contributed by atoms with E-state index in [1.807, 2.05) is 101 Å². The van der Waals surface area contributed by atoms with Gasteiger partial charge in [0.25, 0.3) is 0 Å². The van der Waals surface area contributed by atoms with Crippen molar-refractivity contribution in [2.24, 2.45) is 0 Å². The number of pyridine rings is 2. The molecule has 0 aliphatic heterocycles. The van der Waals surface area contributed by atoms with Crippen molar-refractivity contribution in [3.63, 3.8) is 0 Å². The fraction of sp³-hybridized carbons (Fsp3) is 0.489. The zero-order chi connectivity index (χ0) is 80.3. The van der Waals surface area contributed by atoms with Gasteiger partial charge in [0.2, 0.25) is 0 Å². The maximum Gasteiger partial charge on any atom is 0.573 e. The molecule has 0 bridgehead atoms. The Labute approximate surface area is 631 Å². The Morgan fingerprint density at radius 2 is 0.604 bits per heavy atom. The van der Waals surface area contributed by atoms with Gasteiger partial charge in [-0.1, -0.05) is 315 Å². The number of nitrogens with zero attached hydrogens (tertiary/aromatic N) is 2. The van der Waals surface area contributed by atoms with Crippen molar-refractivity contribution in [1.29, 1.82) is 0 Å². The number of ether oxygens (including phenoxy) is 1. The van der Waals surface area contributed by atoms with E-state index in [1.165, 1.54) is 77.2 Å². The molecular formula is C90H127F13N2O. The third kappa shape index (κ3) is 39.4. The predicted molar refractivity (Wildman–Crippen MR) is 422 cm³/mol. The van der Waals surface area contributed by atoms with Crippen molar-refractivity contribution in [1.82, 2.24) is 9.97 Å². The number of rotatable bonds is 1. The van der Waals surface area contributed by atoms with Crippen molar-refractivity contribution in [2.75, 3.05) is 0 Å². The van der Waals surface area contributed by atoms with Crippen LogP contribution in [0.3, 0.4) is 0 Å². The summed E-state index contributed by atoms with van der Waals surface area (Å²) in [5, 5.41) is 0. The number of hydrogen-bond donors (Lipinski definition) is 0. The maximum absolute atomic E-state index is 13.1. The first kappa shape index (κ1) is 103. The van der Waals surface area contributed by atoms with E-state index in [0.717, 1.165) is 29.0 Å². The summed E-state index contributed by atoms with van der Waals surface area (Å²) < 4.78 is 165. The van der Waals surface area contributed by atoms with Crippen LogP contribution < -0.4 is 4.74 Å². The highest BCUT2D eigenvalue weighted by Gasteiger charge is 2.36.